The van der Waals surface area contributed by atoms with Crippen LogP contribution in [0.3, 0.4) is 0 Å². The van der Waals surface area contributed by atoms with E-state index in [9.17, 15) is 28.0 Å². The van der Waals surface area contributed by atoms with Gasteiger partial charge in [0, 0.05) is 106 Å². The van der Waals surface area contributed by atoms with Gasteiger partial charge in [-0.15, -0.1) is 0 Å². The number of imidazole rings is 4. The van der Waals surface area contributed by atoms with Crippen LogP contribution in [0.2, 0.25) is 0 Å². The smallest absolute Gasteiger partial charge is 0.335 e. The van der Waals surface area contributed by atoms with E-state index in [0.29, 0.717) is 120 Å². The van der Waals surface area contributed by atoms with E-state index in [4.69, 9.17) is 33.9 Å². The Balaban J connectivity index is 0.000000180. The second kappa shape index (κ2) is 48.3. The highest BCUT2D eigenvalue weighted by atomic mass is 19.1. The third-order valence-electron chi connectivity index (χ3n) is 24.2. The van der Waals surface area contributed by atoms with Gasteiger partial charge in [0.25, 0.3) is 0 Å². The largest absolute Gasteiger partial charge is 0.381 e. The van der Waals surface area contributed by atoms with Crippen LogP contribution < -0.4 is 44.0 Å². The molecule has 0 amide bonds. The standard InChI is InChI=1S/C25H33N5O2.C24H29FN6O2.C24H31N5O2.C23H28FN5O2.4CH4/c1-17(2)32-16-29-15-23(30(25(29)31)21-7-5-6-19(4)14-21)22-12-13-26-24(28-22)27-20-10-8-18(3)9-11-20;1-29-12-7-18(8-13-29)27-23-26-11-6-21(28-23)22-16-30(19-9-14-33-15-10-19)24(32)31(22)20-4-2-17(25)3-5-20;1-4-31-16-28-15-22(29(24(28)30)20-7-5-6-18(3)14-20)21-12-13-25-23(27-21)26-19-10-8-17(2)9-11-19;1-3-31-15-28-14-21(29(23(28)30)19-10-6-17(24)7-11-19)20-12-13-25-22(27-20)26-18-8-4-16(2)5-9-18;;;;/h5-7,12-15,17-18,20H,8-11,16H2,1-4H3,(H,26,27,28);2-6,11,16,18-19H,7-10,12-15H2,1H3,(H,26,27,28);5-7,12-15,17,19H,4,8-11,16H2,1-3H3,(H,25,26,27);6-7,10-14,16,18H,3-5,8-9,15H2,1-2H3,(H,25,26,27);4*1H4. The van der Waals surface area contributed by atoms with Crippen molar-refractivity contribution >= 4 is 23.8 Å². The van der Waals surface area contributed by atoms with E-state index in [1.165, 1.54) is 71.9 Å². The molecule has 131 heavy (non-hydrogen) atoms. The highest BCUT2D eigenvalue weighted by Crippen LogP contribution is 2.33. The number of halogens is 2. The van der Waals surface area contributed by atoms with Crippen molar-refractivity contribution in [3.8, 4) is 68.3 Å². The topological polar surface area (TPSA) is 299 Å². The maximum Gasteiger partial charge on any atom is 0.335 e. The SMILES string of the molecule is C.C.C.C.CCOCn1cc(-c2ccnc(NC3CCC(C)CC3)n2)n(-c2ccc(F)cc2)c1=O.CCOCn1cc(-c2ccnc(NC3CCC(C)CC3)n2)n(-c2cccc(C)c2)c1=O.CN1CCC(Nc2nccc(-c3cn(C4CCOCC4)c(=O)n3-c3ccc(F)cc3)n2)CC1.Cc1cccc(-n2c(-c3ccnc(NC4CCC(C)CC4)n3)cn(COC(C)C)c2=O)c1. The molecular weight excluding hydrogens is 1660 g/mol. The first-order valence-corrected chi connectivity index (χ1v) is 45.0. The average Bonchev–Trinajstić information content (AvgIpc) is 1.60. The molecule has 12 aromatic rings. The number of rotatable bonds is 26. The predicted octanol–water partition coefficient (Wildman–Crippen LogP) is 19.0. The summed E-state index contributed by atoms with van der Waals surface area (Å²) < 4.78 is 62.1. The van der Waals surface area contributed by atoms with Crippen molar-refractivity contribution in [1.82, 2.24) is 81.3 Å². The summed E-state index contributed by atoms with van der Waals surface area (Å²) in [4.78, 5) is 92.1. The van der Waals surface area contributed by atoms with E-state index in [0.717, 1.165) is 129 Å². The maximum atomic E-state index is 13.6. The molecule has 2 aliphatic heterocycles. The Hall–Kier alpha value is -11.9. The zero-order valence-electron chi connectivity index (χ0n) is 74.7. The molecule has 17 rings (SSSR count). The number of aryl methyl sites for hydroxylation is 2. The molecule has 4 aromatic carbocycles. The minimum absolute atomic E-state index is 0. The minimum Gasteiger partial charge on any atom is -0.381 e. The van der Waals surface area contributed by atoms with Gasteiger partial charge in [-0.1, -0.05) is 74.7 Å². The summed E-state index contributed by atoms with van der Waals surface area (Å²) in [6.07, 6.45) is 31.8. The molecule has 3 aliphatic carbocycles. The fraction of sp³-hybridized carbons (Fsp3) is 0.480. The summed E-state index contributed by atoms with van der Waals surface area (Å²) in [6, 6.07) is 36.4. The number of nitrogens with zero attached hydrogens (tertiary/aromatic N) is 17. The first-order chi connectivity index (χ1) is 61.6. The predicted molar refractivity (Wildman–Crippen MR) is 518 cm³/mol. The van der Waals surface area contributed by atoms with Crippen LogP contribution in [-0.2, 0) is 39.1 Å². The first-order valence-electron chi connectivity index (χ1n) is 45.0. The van der Waals surface area contributed by atoms with Crippen molar-refractivity contribution in [1.29, 1.82) is 0 Å². The molecule has 0 bridgehead atoms. The quantitative estimate of drug-likeness (QED) is 0.0391. The van der Waals surface area contributed by atoms with Gasteiger partial charge in [-0.2, -0.15) is 0 Å². The molecular formula is C100H137F2N21O8. The average molecular weight is 1800 g/mol. The summed E-state index contributed by atoms with van der Waals surface area (Å²) in [6.45, 7) is 23.5. The van der Waals surface area contributed by atoms with Gasteiger partial charge in [0.2, 0.25) is 23.8 Å². The summed E-state index contributed by atoms with van der Waals surface area (Å²) in [5.41, 5.74) is 9.58. The molecule has 5 fully saturated rings. The van der Waals surface area contributed by atoms with Crippen molar-refractivity contribution in [2.24, 2.45) is 17.8 Å². The number of hydrogen-bond acceptors (Lipinski definition) is 21. The Bertz CT molecular complexity index is 5820. The van der Waals surface area contributed by atoms with Crippen LogP contribution in [0.1, 0.15) is 198 Å². The van der Waals surface area contributed by atoms with Crippen molar-refractivity contribution in [2.45, 2.75) is 251 Å². The Kier molecular flexibility index (Phi) is 37.3. The molecule has 0 spiro atoms. The lowest BCUT2D eigenvalue weighted by Crippen LogP contribution is -2.37. The number of anilines is 4. The van der Waals surface area contributed by atoms with Gasteiger partial charge in [-0.25, -0.2) is 67.8 Å². The second-order valence-electron chi connectivity index (χ2n) is 34.5. The van der Waals surface area contributed by atoms with E-state index in [1.807, 2.05) is 127 Å². The monoisotopic (exact) mass is 1800 g/mol. The van der Waals surface area contributed by atoms with E-state index < -0.39 is 0 Å². The zero-order valence-corrected chi connectivity index (χ0v) is 74.7. The molecule has 10 heterocycles. The lowest BCUT2D eigenvalue weighted by Gasteiger charge is -2.29. The Morgan fingerprint density at radius 1 is 0.405 bits per heavy atom. The number of likely N-dealkylation sites (tertiary alicyclic amines) is 1. The number of nitrogens with one attached hydrogen (secondary N) is 4. The van der Waals surface area contributed by atoms with Gasteiger partial charge in [-0.05, 0) is 290 Å². The lowest BCUT2D eigenvalue weighted by molar-refractivity contribution is 0.0268. The Labute approximate surface area is 769 Å². The van der Waals surface area contributed by atoms with Crippen LogP contribution in [0.4, 0.5) is 32.6 Å². The maximum absolute atomic E-state index is 13.6. The first kappa shape index (κ1) is 101. The van der Waals surface area contributed by atoms with E-state index in [-0.39, 0.29) is 96.4 Å². The molecule has 704 valence electrons. The highest BCUT2D eigenvalue weighted by molar-refractivity contribution is 5.63. The number of ether oxygens (including phenoxy) is 4. The minimum atomic E-state index is -0.359. The zero-order chi connectivity index (χ0) is 89.0. The molecule has 4 N–H and O–H groups in total. The van der Waals surface area contributed by atoms with E-state index in [1.54, 1.807) is 88.7 Å². The summed E-state index contributed by atoms with van der Waals surface area (Å²) in [7, 11) is 2.13. The number of benzene rings is 4. The number of aromatic nitrogens is 16. The van der Waals surface area contributed by atoms with Crippen molar-refractivity contribution in [3.05, 3.63) is 236 Å². The molecule has 3 saturated carbocycles. The molecule has 5 aliphatic rings. The fourth-order valence-electron chi connectivity index (χ4n) is 16.9. The van der Waals surface area contributed by atoms with Crippen LogP contribution >= 0.6 is 0 Å². The van der Waals surface area contributed by atoms with Gasteiger partial charge in [-0.3, -0.25) is 36.5 Å². The van der Waals surface area contributed by atoms with Crippen LogP contribution in [0.25, 0.3) is 68.3 Å². The molecule has 0 unspecified atom stereocenters. The van der Waals surface area contributed by atoms with Gasteiger partial charge in [0.1, 0.15) is 31.8 Å². The highest BCUT2D eigenvalue weighted by Gasteiger charge is 2.29. The summed E-state index contributed by atoms with van der Waals surface area (Å²) >= 11 is 0. The van der Waals surface area contributed by atoms with E-state index in [2.05, 4.69) is 78.9 Å². The van der Waals surface area contributed by atoms with Crippen molar-refractivity contribution < 1.29 is 27.7 Å². The molecule has 31 heteroatoms. The Morgan fingerprint density at radius 3 is 1.06 bits per heavy atom. The molecule has 0 atom stereocenters. The summed E-state index contributed by atoms with van der Waals surface area (Å²) in [5.74, 6) is 3.96. The number of hydrogen-bond donors (Lipinski definition) is 4. The molecule has 8 aromatic heterocycles. The second-order valence-corrected chi connectivity index (χ2v) is 34.5. The van der Waals surface area contributed by atoms with Crippen molar-refractivity contribution in [2.75, 3.05) is 67.8 Å². The van der Waals surface area contributed by atoms with Crippen LogP contribution in [-0.4, -0.2) is 158 Å². The summed E-state index contributed by atoms with van der Waals surface area (Å²) in [5, 5.41) is 13.9. The van der Waals surface area contributed by atoms with Crippen molar-refractivity contribution in [3.63, 3.8) is 0 Å². The van der Waals surface area contributed by atoms with Gasteiger partial charge < -0.3 is 45.1 Å². The third kappa shape index (κ3) is 26.5. The fourth-order valence-corrected chi connectivity index (χ4v) is 16.9. The normalized spacial score (nSPS) is 18.1. The van der Waals surface area contributed by atoms with E-state index >= 15 is 0 Å². The van der Waals surface area contributed by atoms with Gasteiger partial charge in [0.15, 0.2) is 0 Å². The third-order valence-corrected chi connectivity index (χ3v) is 24.2. The van der Waals surface area contributed by atoms with Gasteiger partial charge >= 0.3 is 22.8 Å². The molecule has 2 saturated heterocycles. The molecule has 0 radical (unpaired) electrons. The van der Waals surface area contributed by atoms with Crippen LogP contribution in [0.15, 0.2) is 190 Å². The number of piperidine rings is 1. The molecule has 29 nitrogen and oxygen atoms in total. The van der Waals surface area contributed by atoms with Gasteiger partial charge in [0.05, 0.1) is 74.4 Å². The van der Waals surface area contributed by atoms with Crippen LogP contribution in [0.5, 0.6) is 0 Å². The van der Waals surface area contributed by atoms with Crippen LogP contribution in [0, 0.1) is 43.2 Å². The Morgan fingerprint density at radius 2 is 0.725 bits per heavy atom. The lowest BCUT2D eigenvalue weighted by atomic mass is 9.87.